The summed E-state index contributed by atoms with van der Waals surface area (Å²) in [6.07, 6.45) is 7.81. The van der Waals surface area contributed by atoms with Crippen LogP contribution in [0, 0.1) is 0 Å². The van der Waals surface area contributed by atoms with Crippen LogP contribution in [0.4, 0.5) is 0 Å². The molecular formula is C18H22. The standard InChI is InChI=1S/C16H16.C2H6/c1-3-11-7-9-13-5-2-6-14-10-8-12(4-1)15(11)16(13)14;1-2/h7-10H,1-6H2;1-2H3. The van der Waals surface area contributed by atoms with Gasteiger partial charge < -0.3 is 0 Å². The Morgan fingerprint density at radius 2 is 0.833 bits per heavy atom. The Balaban J connectivity index is 0.000000478. The third-order valence-electron chi connectivity index (χ3n) is 4.29. The van der Waals surface area contributed by atoms with E-state index in [1.54, 1.807) is 33.0 Å². The van der Waals surface area contributed by atoms with E-state index < -0.39 is 0 Å². The van der Waals surface area contributed by atoms with E-state index in [1.807, 2.05) is 13.8 Å². The van der Waals surface area contributed by atoms with Crippen molar-refractivity contribution < 1.29 is 0 Å². The monoisotopic (exact) mass is 238 g/mol. The Bertz CT molecular complexity index is 479. The summed E-state index contributed by atoms with van der Waals surface area (Å²) < 4.78 is 0. The molecule has 0 radical (unpaired) electrons. The molecule has 18 heavy (non-hydrogen) atoms. The molecular weight excluding hydrogens is 216 g/mol. The fourth-order valence-corrected chi connectivity index (χ4v) is 3.56. The fraction of sp³-hybridized carbons (Fsp3) is 0.444. The van der Waals surface area contributed by atoms with Gasteiger partial charge in [0.25, 0.3) is 0 Å². The average molecular weight is 238 g/mol. The van der Waals surface area contributed by atoms with Crippen molar-refractivity contribution in [3.8, 4) is 0 Å². The zero-order chi connectivity index (χ0) is 12.5. The number of rotatable bonds is 0. The van der Waals surface area contributed by atoms with Gasteiger partial charge in [-0.2, -0.15) is 0 Å². The number of aryl methyl sites for hydroxylation is 4. The molecule has 2 aromatic carbocycles. The van der Waals surface area contributed by atoms with E-state index in [0.717, 1.165) is 0 Å². The Hall–Kier alpha value is -1.30. The zero-order valence-electron chi connectivity index (χ0n) is 11.6. The Labute approximate surface area is 110 Å². The Kier molecular flexibility index (Phi) is 3.11. The highest BCUT2D eigenvalue weighted by molar-refractivity contribution is 5.95. The molecule has 0 amide bonds. The Morgan fingerprint density at radius 1 is 0.556 bits per heavy atom. The lowest BCUT2D eigenvalue weighted by Gasteiger charge is -2.24. The molecule has 94 valence electrons. The first-order chi connectivity index (χ1) is 8.93. The number of hydrogen-bond acceptors (Lipinski definition) is 0. The van der Waals surface area contributed by atoms with Crippen molar-refractivity contribution in [2.75, 3.05) is 0 Å². The van der Waals surface area contributed by atoms with Gasteiger partial charge in [0, 0.05) is 0 Å². The van der Waals surface area contributed by atoms with Gasteiger partial charge in [-0.15, -0.1) is 0 Å². The van der Waals surface area contributed by atoms with E-state index in [0.29, 0.717) is 0 Å². The van der Waals surface area contributed by atoms with Gasteiger partial charge in [0.1, 0.15) is 0 Å². The molecule has 0 heteroatoms. The highest BCUT2D eigenvalue weighted by atomic mass is 14.2. The van der Waals surface area contributed by atoms with Crippen molar-refractivity contribution in [3.63, 3.8) is 0 Å². The smallest absolute Gasteiger partial charge is 0.0114 e. The van der Waals surface area contributed by atoms with Crippen molar-refractivity contribution in [2.45, 2.75) is 52.4 Å². The molecule has 0 saturated heterocycles. The predicted octanol–water partition coefficient (Wildman–Crippen LogP) is 4.84. The molecule has 0 atom stereocenters. The third kappa shape index (κ3) is 1.67. The minimum absolute atomic E-state index is 1.28. The topological polar surface area (TPSA) is 0 Å². The van der Waals surface area contributed by atoms with E-state index in [4.69, 9.17) is 0 Å². The normalized spacial score (nSPS) is 16.1. The molecule has 2 aliphatic rings. The molecule has 0 heterocycles. The first-order valence-electron chi connectivity index (χ1n) is 7.49. The van der Waals surface area contributed by atoms with Gasteiger partial charge in [0.2, 0.25) is 0 Å². The molecule has 0 aliphatic heterocycles. The fourth-order valence-electron chi connectivity index (χ4n) is 3.56. The van der Waals surface area contributed by atoms with Gasteiger partial charge >= 0.3 is 0 Å². The van der Waals surface area contributed by atoms with Crippen LogP contribution >= 0.6 is 0 Å². The van der Waals surface area contributed by atoms with E-state index in [9.17, 15) is 0 Å². The maximum atomic E-state index is 2.38. The Morgan fingerprint density at radius 3 is 1.11 bits per heavy atom. The van der Waals surface area contributed by atoms with E-state index in [2.05, 4.69) is 24.3 Å². The quantitative estimate of drug-likeness (QED) is 0.616. The number of hydrogen-bond donors (Lipinski definition) is 0. The van der Waals surface area contributed by atoms with E-state index in [-0.39, 0.29) is 0 Å². The maximum absolute atomic E-state index is 2.38. The second-order valence-electron chi connectivity index (χ2n) is 5.22. The lowest BCUT2D eigenvalue weighted by Crippen LogP contribution is -2.08. The first kappa shape index (κ1) is 11.8. The lowest BCUT2D eigenvalue weighted by atomic mass is 9.81. The van der Waals surface area contributed by atoms with Crippen molar-refractivity contribution in [3.05, 3.63) is 46.5 Å². The zero-order valence-corrected chi connectivity index (χ0v) is 11.6. The molecule has 0 spiro atoms. The third-order valence-corrected chi connectivity index (χ3v) is 4.29. The van der Waals surface area contributed by atoms with Crippen LogP contribution in [0.3, 0.4) is 0 Å². The van der Waals surface area contributed by atoms with Crippen molar-refractivity contribution >= 4 is 10.8 Å². The highest BCUT2D eigenvalue weighted by Gasteiger charge is 2.19. The van der Waals surface area contributed by atoms with E-state index >= 15 is 0 Å². The molecule has 0 bridgehead atoms. The van der Waals surface area contributed by atoms with Crippen molar-refractivity contribution in [2.24, 2.45) is 0 Å². The summed E-state index contributed by atoms with van der Waals surface area (Å²) in [6, 6.07) is 9.54. The second kappa shape index (κ2) is 4.76. The summed E-state index contributed by atoms with van der Waals surface area (Å²) in [6.45, 7) is 4.00. The summed E-state index contributed by atoms with van der Waals surface area (Å²) in [4.78, 5) is 0. The molecule has 0 nitrogen and oxygen atoms in total. The van der Waals surface area contributed by atoms with Crippen LogP contribution in [0.15, 0.2) is 24.3 Å². The summed E-state index contributed by atoms with van der Waals surface area (Å²) in [5.74, 6) is 0. The molecule has 0 aromatic heterocycles. The van der Waals surface area contributed by atoms with Crippen LogP contribution in [-0.4, -0.2) is 0 Å². The average Bonchev–Trinajstić information content (AvgIpc) is 2.47. The van der Waals surface area contributed by atoms with Crippen LogP contribution in [0.2, 0.25) is 0 Å². The van der Waals surface area contributed by atoms with Gasteiger partial charge in [-0.05, 0) is 71.6 Å². The van der Waals surface area contributed by atoms with Crippen molar-refractivity contribution in [1.82, 2.24) is 0 Å². The van der Waals surface area contributed by atoms with Crippen LogP contribution in [0.5, 0.6) is 0 Å². The minimum Gasteiger partial charge on any atom is -0.0683 e. The summed E-state index contributed by atoms with van der Waals surface area (Å²) in [5, 5.41) is 3.25. The summed E-state index contributed by atoms with van der Waals surface area (Å²) in [5.41, 5.74) is 6.40. The van der Waals surface area contributed by atoms with Crippen molar-refractivity contribution in [1.29, 1.82) is 0 Å². The van der Waals surface area contributed by atoms with Crippen LogP contribution in [0.25, 0.3) is 10.8 Å². The predicted molar refractivity (Wildman–Crippen MR) is 79.3 cm³/mol. The van der Waals surface area contributed by atoms with E-state index in [1.165, 1.54) is 38.5 Å². The van der Waals surface area contributed by atoms with Crippen LogP contribution < -0.4 is 0 Å². The largest absolute Gasteiger partial charge is 0.0683 e. The van der Waals surface area contributed by atoms with Gasteiger partial charge in [-0.3, -0.25) is 0 Å². The second-order valence-corrected chi connectivity index (χ2v) is 5.22. The lowest BCUT2D eigenvalue weighted by molar-refractivity contribution is 0.786. The maximum Gasteiger partial charge on any atom is -0.0114 e. The molecule has 2 aliphatic carbocycles. The minimum atomic E-state index is 1.28. The SMILES string of the molecule is CC.c1cc2c3c(ccc4c3c1CCC4)CCC2. The first-order valence-corrected chi connectivity index (χ1v) is 7.49. The van der Waals surface area contributed by atoms with Crippen LogP contribution in [0.1, 0.15) is 48.9 Å². The van der Waals surface area contributed by atoms with Gasteiger partial charge in [0.15, 0.2) is 0 Å². The number of benzene rings is 2. The van der Waals surface area contributed by atoms with Gasteiger partial charge in [0.05, 0.1) is 0 Å². The summed E-state index contributed by atoms with van der Waals surface area (Å²) in [7, 11) is 0. The summed E-state index contributed by atoms with van der Waals surface area (Å²) >= 11 is 0. The van der Waals surface area contributed by atoms with Crippen LogP contribution in [-0.2, 0) is 25.7 Å². The molecule has 0 N–H and O–H groups in total. The molecule has 4 rings (SSSR count). The molecule has 0 fully saturated rings. The molecule has 0 unspecified atom stereocenters. The van der Waals surface area contributed by atoms with Gasteiger partial charge in [-0.1, -0.05) is 38.1 Å². The molecule has 0 saturated carbocycles. The molecule has 2 aromatic rings. The van der Waals surface area contributed by atoms with Gasteiger partial charge in [-0.25, -0.2) is 0 Å². The highest BCUT2D eigenvalue weighted by Crippen LogP contribution is 2.37.